The molecule has 1 aromatic carbocycles. The molecule has 1 aromatic rings. The van der Waals surface area contributed by atoms with Gasteiger partial charge in [-0.15, -0.1) is 4.48 Å². The second-order valence-electron chi connectivity index (χ2n) is 4.97. The van der Waals surface area contributed by atoms with E-state index in [2.05, 4.69) is 5.32 Å². The fraction of sp³-hybridized carbons (Fsp3) is 0.308. The molecule has 2 rings (SSSR count). The van der Waals surface area contributed by atoms with E-state index in [9.17, 15) is 24.6 Å². The van der Waals surface area contributed by atoms with Crippen LogP contribution in [0.2, 0.25) is 0 Å². The first-order valence-corrected chi connectivity index (χ1v) is 6.02. The molecular weight excluding hydrogens is 264 g/mol. The van der Waals surface area contributed by atoms with Gasteiger partial charge in [-0.1, -0.05) is 30.3 Å². The maximum absolute atomic E-state index is 12.1. The number of urea groups is 1. The van der Waals surface area contributed by atoms with Crippen molar-refractivity contribution in [3.8, 4) is 0 Å². The zero-order valence-corrected chi connectivity index (χ0v) is 10.9. The lowest BCUT2D eigenvalue weighted by atomic mass is 9.98. The number of benzene rings is 1. The van der Waals surface area contributed by atoms with Crippen molar-refractivity contribution in [2.45, 2.75) is 19.0 Å². The zero-order valence-electron chi connectivity index (χ0n) is 10.9. The number of carboxylic acid groups (broad SMARTS) is 2. The Kier molecular flexibility index (Phi) is 3.23. The summed E-state index contributed by atoms with van der Waals surface area (Å²) in [6, 6.07) is 7.69. The molecule has 0 bridgehead atoms. The summed E-state index contributed by atoms with van der Waals surface area (Å²) in [6.07, 6.45) is -1.48. The first kappa shape index (κ1) is 14.0. The molecule has 7 nitrogen and oxygen atoms in total. The van der Waals surface area contributed by atoms with E-state index in [-0.39, 0.29) is 13.1 Å². The number of rotatable bonds is 3. The minimum absolute atomic E-state index is 0.217. The highest BCUT2D eigenvalue weighted by Crippen LogP contribution is 2.34. The highest BCUT2D eigenvalue weighted by Gasteiger charge is 2.68. The average molecular weight is 279 g/mol. The molecule has 1 aliphatic heterocycles. The van der Waals surface area contributed by atoms with Gasteiger partial charge in [0.1, 0.15) is 6.54 Å². The van der Waals surface area contributed by atoms with Crippen LogP contribution < -0.4 is 5.32 Å². The zero-order chi connectivity index (χ0) is 15.0. The van der Waals surface area contributed by atoms with Gasteiger partial charge in [-0.05, 0) is 0 Å². The molecule has 2 atom stereocenters. The molecule has 0 aliphatic carbocycles. The van der Waals surface area contributed by atoms with E-state index < -0.39 is 28.1 Å². The van der Waals surface area contributed by atoms with Gasteiger partial charge >= 0.3 is 18.1 Å². The lowest BCUT2D eigenvalue weighted by molar-refractivity contribution is -0.823. The van der Waals surface area contributed by atoms with Gasteiger partial charge in [0, 0.05) is 12.5 Å². The van der Waals surface area contributed by atoms with Crippen molar-refractivity contribution < 1.29 is 29.1 Å². The number of hydrogen-bond acceptors (Lipinski definition) is 3. The number of aliphatic carboxylic acids is 1. The van der Waals surface area contributed by atoms with Crippen molar-refractivity contribution in [1.29, 1.82) is 0 Å². The van der Waals surface area contributed by atoms with Crippen molar-refractivity contribution >= 4 is 18.1 Å². The van der Waals surface area contributed by atoms with E-state index in [4.69, 9.17) is 0 Å². The molecule has 3 amide bonds. The molecule has 0 spiro atoms. The maximum atomic E-state index is 12.1. The van der Waals surface area contributed by atoms with Gasteiger partial charge in [0.25, 0.3) is 0 Å². The maximum Gasteiger partial charge on any atom is 0.524 e. The SMILES string of the molecule is CC1(C(=O)O)CNC(=O)[N+]1(Cc1ccccc1)C(=O)O. The van der Waals surface area contributed by atoms with Gasteiger partial charge in [-0.2, -0.15) is 4.79 Å². The molecule has 1 aliphatic rings. The predicted molar refractivity (Wildman–Crippen MR) is 67.9 cm³/mol. The van der Waals surface area contributed by atoms with Crippen LogP contribution in [0.25, 0.3) is 0 Å². The molecule has 0 aromatic heterocycles. The molecule has 1 fully saturated rings. The number of carboxylic acids is 1. The van der Waals surface area contributed by atoms with Gasteiger partial charge in [0.05, 0.1) is 6.54 Å². The number of nitrogens with one attached hydrogen (secondary N) is 1. The van der Waals surface area contributed by atoms with Crippen LogP contribution in [-0.4, -0.2) is 44.9 Å². The largest absolute Gasteiger partial charge is 0.524 e. The molecule has 1 heterocycles. The highest BCUT2D eigenvalue weighted by molar-refractivity contribution is 5.90. The summed E-state index contributed by atoms with van der Waals surface area (Å²) in [4.78, 5) is 35.3. The third kappa shape index (κ3) is 1.75. The normalized spacial score (nSPS) is 28.9. The molecule has 0 saturated carbocycles. The van der Waals surface area contributed by atoms with Crippen LogP contribution in [0.3, 0.4) is 0 Å². The molecule has 2 unspecified atom stereocenters. The Bertz CT molecular complexity index is 573. The van der Waals surface area contributed by atoms with Gasteiger partial charge in [-0.3, -0.25) is 5.32 Å². The smallest absolute Gasteiger partial charge is 0.477 e. The fourth-order valence-electron chi connectivity index (χ4n) is 2.45. The Hall–Kier alpha value is -2.41. The molecule has 106 valence electrons. The van der Waals surface area contributed by atoms with Crippen LogP contribution in [0.1, 0.15) is 12.5 Å². The lowest BCUT2D eigenvalue weighted by Crippen LogP contribution is -2.67. The monoisotopic (exact) mass is 279 g/mol. The topological polar surface area (TPSA) is 104 Å². The first-order valence-electron chi connectivity index (χ1n) is 6.02. The summed E-state index contributed by atoms with van der Waals surface area (Å²) in [7, 11) is 0. The van der Waals surface area contributed by atoms with E-state index in [1.54, 1.807) is 30.3 Å². The molecule has 7 heteroatoms. The van der Waals surface area contributed by atoms with Gasteiger partial charge in [0.2, 0.25) is 5.54 Å². The summed E-state index contributed by atoms with van der Waals surface area (Å²) >= 11 is 0. The number of imide groups is 1. The standard InChI is InChI=1S/C13H14N2O5/c1-13(10(16)17)8-14-11(18)15(13,12(19)20)7-9-5-3-2-4-6-9/h2-6H,7-8H2,1H3,(H2-,14,16,17,18,19,20)/p+1. The van der Waals surface area contributed by atoms with Gasteiger partial charge in [0.15, 0.2) is 0 Å². The molecule has 1 saturated heterocycles. The van der Waals surface area contributed by atoms with Gasteiger partial charge < -0.3 is 10.2 Å². The van der Waals surface area contributed by atoms with Crippen molar-refractivity contribution in [2.75, 3.05) is 6.54 Å². The number of hydrogen-bond donors (Lipinski definition) is 3. The highest BCUT2D eigenvalue weighted by atomic mass is 16.4. The van der Waals surface area contributed by atoms with Crippen molar-refractivity contribution in [3.63, 3.8) is 0 Å². The number of nitrogens with zero attached hydrogens (tertiary/aromatic N) is 1. The van der Waals surface area contributed by atoms with Crippen LogP contribution in [-0.2, 0) is 11.3 Å². The predicted octanol–water partition coefficient (Wildman–Crippen LogP) is 1.25. The van der Waals surface area contributed by atoms with Crippen LogP contribution in [0, 0.1) is 0 Å². The Morgan fingerprint density at radius 1 is 1.30 bits per heavy atom. The Morgan fingerprint density at radius 3 is 2.40 bits per heavy atom. The van der Waals surface area contributed by atoms with E-state index in [1.165, 1.54) is 6.92 Å². The summed E-state index contributed by atoms with van der Waals surface area (Å²) in [6.45, 7) is 0.829. The molecular formula is C13H15N2O5+. The van der Waals surface area contributed by atoms with E-state index in [1.807, 2.05) is 0 Å². The van der Waals surface area contributed by atoms with Crippen molar-refractivity contribution in [2.24, 2.45) is 0 Å². The summed E-state index contributed by atoms with van der Waals surface area (Å²) in [5.41, 5.74) is -1.17. The second kappa shape index (κ2) is 4.61. The van der Waals surface area contributed by atoms with Gasteiger partial charge in [-0.25, -0.2) is 9.59 Å². The summed E-state index contributed by atoms with van der Waals surface area (Å²) in [5.74, 6) is -1.32. The Morgan fingerprint density at radius 2 is 1.90 bits per heavy atom. The third-order valence-electron chi connectivity index (χ3n) is 3.82. The van der Waals surface area contributed by atoms with Crippen LogP contribution in [0.4, 0.5) is 9.59 Å². The number of carbonyl (C=O) groups is 3. The molecule has 20 heavy (non-hydrogen) atoms. The molecule has 0 radical (unpaired) electrons. The first-order chi connectivity index (χ1) is 9.34. The number of quaternary nitrogens is 1. The summed E-state index contributed by atoms with van der Waals surface area (Å²) in [5, 5.41) is 21.3. The van der Waals surface area contributed by atoms with Crippen LogP contribution >= 0.6 is 0 Å². The average Bonchev–Trinajstić information content (AvgIpc) is 2.67. The fourth-order valence-corrected chi connectivity index (χ4v) is 2.45. The number of carbonyl (C=O) groups excluding carboxylic acids is 1. The summed E-state index contributed by atoms with van der Waals surface area (Å²) < 4.78 is -1.19. The molecule has 3 N–H and O–H groups in total. The lowest BCUT2D eigenvalue weighted by Gasteiger charge is -2.34. The Balaban J connectivity index is 2.55. The second-order valence-corrected chi connectivity index (χ2v) is 4.97. The van der Waals surface area contributed by atoms with E-state index >= 15 is 0 Å². The quantitative estimate of drug-likeness (QED) is 0.722. The number of amides is 3. The Labute approximate surface area is 115 Å². The third-order valence-corrected chi connectivity index (χ3v) is 3.82. The van der Waals surface area contributed by atoms with Crippen LogP contribution in [0.5, 0.6) is 0 Å². The minimum Gasteiger partial charge on any atom is -0.477 e. The van der Waals surface area contributed by atoms with E-state index in [0.29, 0.717) is 5.56 Å². The van der Waals surface area contributed by atoms with E-state index in [0.717, 1.165) is 0 Å². The minimum atomic E-state index is -1.75. The van der Waals surface area contributed by atoms with Crippen molar-refractivity contribution in [1.82, 2.24) is 5.32 Å². The van der Waals surface area contributed by atoms with Crippen LogP contribution in [0.15, 0.2) is 30.3 Å². The van der Waals surface area contributed by atoms with Crippen molar-refractivity contribution in [3.05, 3.63) is 35.9 Å².